The zero-order chi connectivity index (χ0) is 30.7. The van der Waals surface area contributed by atoms with Crippen LogP contribution in [0.15, 0.2) is 86.0 Å². The highest BCUT2D eigenvalue weighted by Gasteiger charge is 2.26. The Kier molecular flexibility index (Phi) is 15.1. The van der Waals surface area contributed by atoms with Gasteiger partial charge in [-0.3, -0.25) is 9.59 Å². The number of aliphatic hydroxyl groups excluding tert-OH is 1. The summed E-state index contributed by atoms with van der Waals surface area (Å²) in [5.74, 6) is -2.06. The Morgan fingerprint density at radius 1 is 0.905 bits per heavy atom. The summed E-state index contributed by atoms with van der Waals surface area (Å²) in [5.41, 5.74) is 1.71. The second-order valence-corrected chi connectivity index (χ2v) is 9.77. The summed E-state index contributed by atoms with van der Waals surface area (Å²) in [7, 11) is 0. The Morgan fingerprint density at radius 3 is 2.12 bits per heavy atom. The first-order valence-electron chi connectivity index (χ1n) is 13.9. The van der Waals surface area contributed by atoms with E-state index < -0.39 is 30.1 Å². The highest BCUT2D eigenvalue weighted by atomic mass is 16.6. The number of aliphatic hydroxyl groups is 1. The van der Waals surface area contributed by atoms with Crippen molar-refractivity contribution in [3.63, 3.8) is 0 Å². The van der Waals surface area contributed by atoms with Crippen molar-refractivity contribution in [3.8, 4) is 0 Å². The van der Waals surface area contributed by atoms with Crippen LogP contribution >= 0.6 is 0 Å². The molecule has 0 aliphatic carbocycles. The molecule has 0 bridgehead atoms. The number of allylic oxidation sites excluding steroid dienone is 1. The molecule has 10 nitrogen and oxygen atoms in total. The SMILES string of the molecule is C=CCC(CC(=O)N(CCO)Cc1ccccc1)C(=O)NC(C)COC(=O)C(CC=C)NC(=O)OCc1ccccc1. The first-order chi connectivity index (χ1) is 20.3. The number of esters is 1. The molecule has 0 saturated carbocycles. The van der Waals surface area contributed by atoms with Crippen LogP contribution in [0.3, 0.4) is 0 Å². The van der Waals surface area contributed by atoms with Crippen molar-refractivity contribution in [2.45, 2.75) is 51.4 Å². The molecule has 226 valence electrons. The summed E-state index contributed by atoms with van der Waals surface area (Å²) in [5, 5.41) is 14.7. The summed E-state index contributed by atoms with van der Waals surface area (Å²) >= 11 is 0. The fourth-order valence-electron chi connectivity index (χ4n) is 4.04. The molecule has 0 aromatic heterocycles. The number of carbonyl (C=O) groups excluding carboxylic acids is 4. The van der Waals surface area contributed by atoms with Crippen LogP contribution in [-0.2, 0) is 37.0 Å². The average Bonchev–Trinajstić information content (AvgIpc) is 2.99. The molecule has 0 aliphatic rings. The molecule has 3 atom stereocenters. The number of ether oxygens (including phenoxy) is 2. The smallest absolute Gasteiger partial charge is 0.408 e. The van der Waals surface area contributed by atoms with Gasteiger partial charge in [-0.25, -0.2) is 9.59 Å². The Morgan fingerprint density at radius 2 is 1.52 bits per heavy atom. The number of nitrogens with one attached hydrogen (secondary N) is 2. The van der Waals surface area contributed by atoms with Gasteiger partial charge >= 0.3 is 12.1 Å². The van der Waals surface area contributed by atoms with Crippen LogP contribution in [0.5, 0.6) is 0 Å². The lowest BCUT2D eigenvalue weighted by molar-refractivity contribution is -0.147. The number of amides is 3. The van der Waals surface area contributed by atoms with E-state index >= 15 is 0 Å². The Balaban J connectivity index is 1.88. The Hall–Kier alpha value is -4.44. The quantitative estimate of drug-likeness (QED) is 0.182. The molecule has 42 heavy (non-hydrogen) atoms. The fraction of sp³-hybridized carbons (Fsp3) is 0.375. The van der Waals surface area contributed by atoms with Gasteiger partial charge in [0, 0.05) is 19.5 Å². The molecule has 0 radical (unpaired) electrons. The predicted octanol–water partition coefficient (Wildman–Crippen LogP) is 3.51. The maximum atomic E-state index is 13.1. The van der Waals surface area contributed by atoms with Crippen molar-refractivity contribution in [2.75, 3.05) is 19.8 Å². The van der Waals surface area contributed by atoms with Crippen LogP contribution in [0, 0.1) is 5.92 Å². The zero-order valence-electron chi connectivity index (χ0n) is 24.1. The molecular formula is C32H41N3O7. The van der Waals surface area contributed by atoms with E-state index in [9.17, 15) is 24.3 Å². The van der Waals surface area contributed by atoms with Gasteiger partial charge in [0.2, 0.25) is 11.8 Å². The molecule has 3 N–H and O–H groups in total. The summed E-state index contributed by atoms with van der Waals surface area (Å²) in [4.78, 5) is 52.5. The third-order valence-corrected chi connectivity index (χ3v) is 6.24. The van der Waals surface area contributed by atoms with E-state index in [-0.39, 0.29) is 57.4 Å². The zero-order valence-corrected chi connectivity index (χ0v) is 24.1. The third-order valence-electron chi connectivity index (χ3n) is 6.24. The lowest BCUT2D eigenvalue weighted by Gasteiger charge is -2.25. The van der Waals surface area contributed by atoms with Crippen LogP contribution < -0.4 is 10.6 Å². The Bertz CT molecular complexity index is 1160. The van der Waals surface area contributed by atoms with Crippen molar-refractivity contribution >= 4 is 23.9 Å². The minimum Gasteiger partial charge on any atom is -0.462 e. The van der Waals surface area contributed by atoms with E-state index in [2.05, 4.69) is 23.8 Å². The standard InChI is InChI=1S/C32H41N3O7/c1-4-12-27(20-29(37)35(18-19-36)21-25-14-8-6-9-15-25)30(38)33-24(3)22-41-31(39)28(13-5-2)34-32(40)42-23-26-16-10-7-11-17-26/h4-11,14-17,24,27-28,36H,1-2,12-13,18-23H2,3H3,(H,33,38)(H,34,40). The summed E-state index contributed by atoms with van der Waals surface area (Å²) in [6, 6.07) is 16.9. The predicted molar refractivity (Wildman–Crippen MR) is 159 cm³/mol. The molecular weight excluding hydrogens is 538 g/mol. The summed E-state index contributed by atoms with van der Waals surface area (Å²) < 4.78 is 10.5. The molecule has 0 aliphatic heterocycles. The van der Waals surface area contributed by atoms with Gasteiger partial charge in [-0.15, -0.1) is 13.2 Å². The molecule has 2 aromatic carbocycles. The topological polar surface area (TPSA) is 134 Å². The van der Waals surface area contributed by atoms with Crippen molar-refractivity contribution in [2.24, 2.45) is 5.92 Å². The molecule has 2 aromatic rings. The van der Waals surface area contributed by atoms with Gasteiger partial charge in [-0.2, -0.15) is 0 Å². The number of benzene rings is 2. The largest absolute Gasteiger partial charge is 0.462 e. The van der Waals surface area contributed by atoms with Gasteiger partial charge in [-0.1, -0.05) is 72.8 Å². The average molecular weight is 580 g/mol. The van der Waals surface area contributed by atoms with E-state index in [0.29, 0.717) is 6.54 Å². The number of nitrogens with zero attached hydrogens (tertiary/aromatic N) is 1. The highest BCUT2D eigenvalue weighted by molar-refractivity contribution is 5.86. The second-order valence-electron chi connectivity index (χ2n) is 9.77. The normalized spacial score (nSPS) is 12.6. The van der Waals surface area contributed by atoms with Gasteiger partial charge in [0.15, 0.2) is 0 Å². The van der Waals surface area contributed by atoms with Crippen LogP contribution in [0.2, 0.25) is 0 Å². The molecule has 10 heteroatoms. The summed E-state index contributed by atoms with van der Waals surface area (Å²) in [6.07, 6.45) is 2.58. The van der Waals surface area contributed by atoms with Gasteiger partial charge < -0.3 is 30.1 Å². The first kappa shape index (κ1) is 33.8. The van der Waals surface area contributed by atoms with E-state index in [1.54, 1.807) is 13.0 Å². The van der Waals surface area contributed by atoms with Crippen molar-refractivity contribution < 1.29 is 33.8 Å². The minimum atomic E-state index is -1.01. The van der Waals surface area contributed by atoms with Crippen LogP contribution in [0.4, 0.5) is 4.79 Å². The summed E-state index contributed by atoms with van der Waals surface area (Å²) in [6.45, 7) is 9.12. The monoisotopic (exact) mass is 579 g/mol. The molecule has 3 amide bonds. The van der Waals surface area contributed by atoms with Crippen LogP contribution in [-0.4, -0.2) is 65.7 Å². The van der Waals surface area contributed by atoms with Crippen LogP contribution in [0.1, 0.15) is 37.3 Å². The number of rotatable bonds is 18. The molecule has 0 heterocycles. The minimum absolute atomic E-state index is 0.0456. The second kappa shape index (κ2) is 18.8. The highest BCUT2D eigenvalue weighted by Crippen LogP contribution is 2.15. The van der Waals surface area contributed by atoms with E-state index in [1.807, 2.05) is 60.7 Å². The lowest BCUT2D eigenvalue weighted by atomic mass is 9.98. The van der Waals surface area contributed by atoms with Crippen LogP contribution in [0.25, 0.3) is 0 Å². The van der Waals surface area contributed by atoms with E-state index in [1.165, 1.54) is 11.0 Å². The number of carbonyl (C=O) groups is 4. The number of hydrogen-bond acceptors (Lipinski definition) is 7. The van der Waals surface area contributed by atoms with Gasteiger partial charge in [0.25, 0.3) is 0 Å². The van der Waals surface area contributed by atoms with E-state index in [4.69, 9.17) is 9.47 Å². The first-order valence-corrected chi connectivity index (χ1v) is 13.9. The third kappa shape index (κ3) is 12.4. The molecule has 0 spiro atoms. The van der Waals surface area contributed by atoms with Gasteiger partial charge in [0.05, 0.1) is 18.6 Å². The number of alkyl carbamates (subject to hydrolysis) is 1. The van der Waals surface area contributed by atoms with Crippen molar-refractivity contribution in [1.29, 1.82) is 0 Å². The van der Waals surface area contributed by atoms with Gasteiger partial charge in [0.1, 0.15) is 19.3 Å². The number of hydrogen-bond donors (Lipinski definition) is 3. The molecule has 2 rings (SSSR count). The molecule has 0 saturated heterocycles. The molecule has 0 fully saturated rings. The molecule has 3 unspecified atom stereocenters. The lowest BCUT2D eigenvalue weighted by Crippen LogP contribution is -2.45. The maximum Gasteiger partial charge on any atom is 0.408 e. The van der Waals surface area contributed by atoms with Crippen molar-refractivity contribution in [3.05, 3.63) is 97.1 Å². The Labute approximate surface area is 247 Å². The van der Waals surface area contributed by atoms with Crippen molar-refractivity contribution in [1.82, 2.24) is 15.5 Å². The van der Waals surface area contributed by atoms with Gasteiger partial charge in [-0.05, 0) is 30.9 Å². The van der Waals surface area contributed by atoms with E-state index in [0.717, 1.165) is 11.1 Å². The maximum absolute atomic E-state index is 13.1. The fourth-order valence-corrected chi connectivity index (χ4v) is 4.04.